The number of nitrogens with zero attached hydrogens (tertiary/aromatic N) is 2. The van der Waals surface area contributed by atoms with Crippen molar-refractivity contribution < 1.29 is 9.90 Å². The van der Waals surface area contributed by atoms with Crippen LogP contribution >= 0.6 is 0 Å². The number of nitrogens with one attached hydrogen (secondary N) is 2. The standard InChI is InChI=1S/C11H20N4O2/c1-4-5-9-13-10(15-14-9)11(17)12-8(3)7(2)6-16/h7-8,16H,4-6H2,1-3H3,(H,12,17)(H,13,14,15). The summed E-state index contributed by atoms with van der Waals surface area (Å²) in [5, 5.41) is 18.3. The first kappa shape index (κ1) is 13.6. The first-order valence-electron chi connectivity index (χ1n) is 5.91. The van der Waals surface area contributed by atoms with Crippen LogP contribution in [0.2, 0.25) is 0 Å². The average molecular weight is 240 g/mol. The minimum absolute atomic E-state index is 0.00741. The first-order valence-corrected chi connectivity index (χ1v) is 5.91. The molecule has 0 aliphatic rings. The summed E-state index contributed by atoms with van der Waals surface area (Å²) in [4.78, 5) is 15.9. The Balaban J connectivity index is 2.57. The zero-order valence-corrected chi connectivity index (χ0v) is 10.5. The molecule has 0 spiro atoms. The van der Waals surface area contributed by atoms with Crippen molar-refractivity contribution in [2.45, 2.75) is 39.7 Å². The number of rotatable bonds is 6. The van der Waals surface area contributed by atoms with Gasteiger partial charge in [0.2, 0.25) is 5.82 Å². The maximum atomic E-state index is 11.8. The van der Waals surface area contributed by atoms with Gasteiger partial charge in [0.1, 0.15) is 5.82 Å². The van der Waals surface area contributed by atoms with Crippen LogP contribution in [0.15, 0.2) is 0 Å². The first-order chi connectivity index (χ1) is 8.08. The van der Waals surface area contributed by atoms with E-state index in [0.29, 0.717) is 0 Å². The third-order valence-corrected chi connectivity index (χ3v) is 2.72. The van der Waals surface area contributed by atoms with Gasteiger partial charge in [-0.3, -0.25) is 9.89 Å². The van der Waals surface area contributed by atoms with E-state index in [9.17, 15) is 4.79 Å². The second kappa shape index (κ2) is 6.34. The van der Waals surface area contributed by atoms with Gasteiger partial charge in [-0.1, -0.05) is 13.8 Å². The Morgan fingerprint density at radius 3 is 2.82 bits per heavy atom. The molecule has 2 unspecified atom stereocenters. The van der Waals surface area contributed by atoms with E-state index in [2.05, 4.69) is 20.5 Å². The van der Waals surface area contributed by atoms with E-state index in [0.717, 1.165) is 18.7 Å². The van der Waals surface area contributed by atoms with E-state index in [1.807, 2.05) is 20.8 Å². The fourth-order valence-electron chi connectivity index (χ4n) is 1.32. The molecule has 0 radical (unpaired) electrons. The Morgan fingerprint density at radius 2 is 2.24 bits per heavy atom. The zero-order chi connectivity index (χ0) is 12.8. The molecule has 0 saturated heterocycles. The third-order valence-electron chi connectivity index (χ3n) is 2.72. The smallest absolute Gasteiger partial charge is 0.291 e. The second-order valence-electron chi connectivity index (χ2n) is 4.28. The van der Waals surface area contributed by atoms with Crippen molar-refractivity contribution in [2.75, 3.05) is 6.61 Å². The maximum absolute atomic E-state index is 11.8. The molecule has 0 aromatic carbocycles. The predicted molar refractivity (Wildman–Crippen MR) is 63.6 cm³/mol. The molecule has 17 heavy (non-hydrogen) atoms. The predicted octanol–water partition coefficient (Wildman–Crippen LogP) is 0.504. The molecule has 0 aliphatic heterocycles. The van der Waals surface area contributed by atoms with E-state index in [4.69, 9.17) is 5.11 Å². The molecule has 3 N–H and O–H groups in total. The summed E-state index contributed by atoms with van der Waals surface area (Å²) in [6.07, 6.45) is 1.73. The van der Waals surface area contributed by atoms with E-state index < -0.39 is 0 Å². The summed E-state index contributed by atoms with van der Waals surface area (Å²) in [7, 11) is 0. The Labute approximate surface area is 101 Å². The summed E-state index contributed by atoms with van der Waals surface area (Å²) < 4.78 is 0. The number of hydrogen-bond acceptors (Lipinski definition) is 4. The number of H-pyrrole nitrogens is 1. The second-order valence-corrected chi connectivity index (χ2v) is 4.28. The minimum Gasteiger partial charge on any atom is -0.396 e. The number of aromatic nitrogens is 3. The molecular weight excluding hydrogens is 220 g/mol. The van der Waals surface area contributed by atoms with E-state index in [1.165, 1.54) is 0 Å². The average Bonchev–Trinajstić information content (AvgIpc) is 2.77. The van der Waals surface area contributed by atoms with Crippen LogP contribution in [0, 0.1) is 5.92 Å². The van der Waals surface area contributed by atoms with Crippen LogP contribution < -0.4 is 5.32 Å². The lowest BCUT2D eigenvalue weighted by atomic mass is 10.1. The summed E-state index contributed by atoms with van der Waals surface area (Å²) in [5.41, 5.74) is 0. The van der Waals surface area contributed by atoms with Crippen LogP contribution in [-0.2, 0) is 6.42 Å². The van der Waals surface area contributed by atoms with Crippen LogP contribution in [0.4, 0.5) is 0 Å². The van der Waals surface area contributed by atoms with Gasteiger partial charge in [0.15, 0.2) is 0 Å². The van der Waals surface area contributed by atoms with Crippen molar-refractivity contribution in [2.24, 2.45) is 5.92 Å². The van der Waals surface area contributed by atoms with E-state index in [-0.39, 0.29) is 30.3 Å². The molecule has 0 fully saturated rings. The number of aryl methyl sites for hydroxylation is 1. The molecule has 96 valence electrons. The Hall–Kier alpha value is -1.43. The SMILES string of the molecule is CCCc1nc(C(=O)NC(C)C(C)CO)n[nH]1. The Morgan fingerprint density at radius 1 is 1.53 bits per heavy atom. The van der Waals surface area contributed by atoms with E-state index in [1.54, 1.807) is 0 Å². The molecule has 1 aromatic heterocycles. The van der Waals surface area contributed by atoms with Gasteiger partial charge in [0.25, 0.3) is 5.91 Å². The normalized spacial score (nSPS) is 14.4. The highest BCUT2D eigenvalue weighted by Gasteiger charge is 2.18. The largest absolute Gasteiger partial charge is 0.396 e. The van der Waals surface area contributed by atoms with Gasteiger partial charge in [0, 0.05) is 19.1 Å². The molecule has 0 saturated carbocycles. The topological polar surface area (TPSA) is 90.9 Å². The number of carbonyl (C=O) groups is 1. The van der Waals surface area contributed by atoms with Crippen molar-refractivity contribution in [1.29, 1.82) is 0 Å². The summed E-state index contributed by atoms with van der Waals surface area (Å²) in [6.45, 7) is 5.79. The van der Waals surface area contributed by atoms with Gasteiger partial charge < -0.3 is 10.4 Å². The van der Waals surface area contributed by atoms with Crippen molar-refractivity contribution in [3.63, 3.8) is 0 Å². The summed E-state index contributed by atoms with van der Waals surface area (Å²) >= 11 is 0. The Bertz CT molecular complexity index is 364. The van der Waals surface area contributed by atoms with Crippen LogP contribution in [-0.4, -0.2) is 38.8 Å². The monoisotopic (exact) mass is 240 g/mol. The molecule has 6 heteroatoms. The third kappa shape index (κ3) is 3.81. The zero-order valence-electron chi connectivity index (χ0n) is 10.5. The molecule has 0 bridgehead atoms. The number of aliphatic hydroxyl groups excluding tert-OH is 1. The number of aromatic amines is 1. The molecule has 6 nitrogen and oxygen atoms in total. The van der Waals surface area contributed by atoms with Gasteiger partial charge in [-0.2, -0.15) is 0 Å². The van der Waals surface area contributed by atoms with Crippen LogP contribution in [0.1, 0.15) is 43.6 Å². The number of carbonyl (C=O) groups excluding carboxylic acids is 1. The fraction of sp³-hybridized carbons (Fsp3) is 0.727. The highest BCUT2D eigenvalue weighted by molar-refractivity contribution is 5.90. The van der Waals surface area contributed by atoms with Gasteiger partial charge in [0.05, 0.1) is 0 Å². The van der Waals surface area contributed by atoms with Crippen LogP contribution in [0.25, 0.3) is 0 Å². The van der Waals surface area contributed by atoms with Gasteiger partial charge >= 0.3 is 0 Å². The molecular formula is C11H20N4O2. The lowest BCUT2D eigenvalue weighted by Gasteiger charge is -2.18. The van der Waals surface area contributed by atoms with Crippen molar-refractivity contribution in [3.05, 3.63) is 11.6 Å². The Kier molecular flexibility index (Phi) is 5.09. The molecule has 2 atom stereocenters. The molecule has 1 amide bonds. The number of amides is 1. The van der Waals surface area contributed by atoms with Crippen LogP contribution in [0.3, 0.4) is 0 Å². The maximum Gasteiger partial charge on any atom is 0.291 e. The van der Waals surface area contributed by atoms with Gasteiger partial charge in [-0.25, -0.2) is 4.98 Å². The summed E-state index contributed by atoms with van der Waals surface area (Å²) in [5.74, 6) is 0.579. The van der Waals surface area contributed by atoms with Gasteiger partial charge in [-0.15, -0.1) is 5.10 Å². The number of hydrogen-bond donors (Lipinski definition) is 3. The molecule has 1 rings (SSSR count). The van der Waals surface area contributed by atoms with Gasteiger partial charge in [-0.05, 0) is 19.3 Å². The lowest BCUT2D eigenvalue weighted by molar-refractivity contribution is 0.0906. The van der Waals surface area contributed by atoms with E-state index >= 15 is 0 Å². The summed E-state index contributed by atoms with van der Waals surface area (Å²) in [6, 6.07) is -0.111. The minimum atomic E-state index is -0.309. The quantitative estimate of drug-likeness (QED) is 0.675. The van der Waals surface area contributed by atoms with Crippen molar-refractivity contribution in [1.82, 2.24) is 20.5 Å². The lowest BCUT2D eigenvalue weighted by Crippen LogP contribution is -2.38. The molecule has 1 heterocycles. The highest BCUT2D eigenvalue weighted by atomic mass is 16.3. The van der Waals surface area contributed by atoms with Crippen molar-refractivity contribution >= 4 is 5.91 Å². The number of aliphatic hydroxyl groups is 1. The highest BCUT2D eigenvalue weighted by Crippen LogP contribution is 2.02. The molecule has 0 aliphatic carbocycles. The van der Waals surface area contributed by atoms with Crippen molar-refractivity contribution in [3.8, 4) is 0 Å². The molecule has 1 aromatic rings. The van der Waals surface area contributed by atoms with Crippen LogP contribution in [0.5, 0.6) is 0 Å². The fourth-order valence-corrected chi connectivity index (χ4v) is 1.32.